The largest absolute Gasteiger partial charge is 0.376 e. The van der Waals surface area contributed by atoms with E-state index in [2.05, 4.69) is 11.4 Å². The molecule has 3 rings (SSSR count). The van der Waals surface area contributed by atoms with Crippen molar-refractivity contribution in [2.45, 2.75) is 12.8 Å². The van der Waals surface area contributed by atoms with Gasteiger partial charge in [-0.15, -0.1) is 0 Å². The molecule has 0 aromatic heterocycles. The van der Waals surface area contributed by atoms with E-state index >= 15 is 0 Å². The third-order valence-electron chi connectivity index (χ3n) is 3.70. The molecular formula is C17H17FN2O. The normalized spacial score (nSPS) is 13.7. The van der Waals surface area contributed by atoms with Crippen LogP contribution in [0.3, 0.4) is 0 Å². The number of fused-ring (bicyclic) bond motifs is 1. The first-order valence-corrected chi connectivity index (χ1v) is 7.12. The first-order valence-electron chi connectivity index (χ1n) is 7.12. The number of nitrogens with one attached hydrogen (secondary N) is 1. The highest BCUT2D eigenvalue weighted by Gasteiger charge is 2.21. The van der Waals surface area contributed by atoms with Crippen molar-refractivity contribution in [2.24, 2.45) is 0 Å². The molecule has 3 nitrogen and oxygen atoms in total. The van der Waals surface area contributed by atoms with Crippen LogP contribution in [0, 0.1) is 5.82 Å². The summed E-state index contributed by atoms with van der Waals surface area (Å²) in [7, 11) is 0. The molecule has 1 heterocycles. The van der Waals surface area contributed by atoms with E-state index < -0.39 is 0 Å². The second-order valence-corrected chi connectivity index (χ2v) is 5.14. The third-order valence-corrected chi connectivity index (χ3v) is 3.70. The van der Waals surface area contributed by atoms with Crippen LogP contribution >= 0.6 is 0 Å². The lowest BCUT2D eigenvalue weighted by atomic mass is 10.0. The molecule has 1 aliphatic heterocycles. The number of anilines is 2. The minimum atomic E-state index is -0.281. The van der Waals surface area contributed by atoms with E-state index in [1.807, 2.05) is 23.1 Å². The molecule has 0 unspecified atom stereocenters. The van der Waals surface area contributed by atoms with Crippen LogP contribution in [0.5, 0.6) is 0 Å². The maximum atomic E-state index is 12.8. The molecule has 0 spiro atoms. The van der Waals surface area contributed by atoms with Crippen molar-refractivity contribution in [3.63, 3.8) is 0 Å². The van der Waals surface area contributed by atoms with E-state index in [4.69, 9.17) is 0 Å². The minimum absolute atomic E-state index is 0.0338. The molecule has 108 valence electrons. The van der Waals surface area contributed by atoms with E-state index in [9.17, 15) is 9.18 Å². The zero-order valence-electron chi connectivity index (χ0n) is 11.7. The number of hydrogen-bond donors (Lipinski definition) is 1. The van der Waals surface area contributed by atoms with Crippen LogP contribution in [-0.2, 0) is 11.2 Å². The van der Waals surface area contributed by atoms with E-state index in [1.54, 1.807) is 12.1 Å². The summed E-state index contributed by atoms with van der Waals surface area (Å²) >= 11 is 0. The van der Waals surface area contributed by atoms with E-state index in [-0.39, 0.29) is 18.3 Å². The Bertz CT molecular complexity index is 639. The molecule has 0 fully saturated rings. The van der Waals surface area contributed by atoms with Crippen LogP contribution in [0.25, 0.3) is 0 Å². The van der Waals surface area contributed by atoms with Gasteiger partial charge in [0.2, 0.25) is 5.91 Å². The number of nitrogens with zero attached hydrogens (tertiary/aromatic N) is 1. The number of amides is 1. The van der Waals surface area contributed by atoms with Crippen molar-refractivity contribution < 1.29 is 9.18 Å². The first kappa shape index (κ1) is 13.6. The van der Waals surface area contributed by atoms with Crippen molar-refractivity contribution in [3.05, 3.63) is 59.9 Å². The Labute approximate surface area is 123 Å². The molecule has 1 aliphatic rings. The quantitative estimate of drug-likeness (QED) is 0.938. The molecule has 21 heavy (non-hydrogen) atoms. The number of aryl methyl sites for hydroxylation is 1. The summed E-state index contributed by atoms with van der Waals surface area (Å²) < 4.78 is 12.8. The monoisotopic (exact) mass is 284 g/mol. The summed E-state index contributed by atoms with van der Waals surface area (Å²) in [6.45, 7) is 0.959. The van der Waals surface area contributed by atoms with Crippen molar-refractivity contribution in [1.29, 1.82) is 0 Å². The number of halogens is 1. The molecule has 0 radical (unpaired) electrons. The van der Waals surface area contributed by atoms with Gasteiger partial charge in [0.15, 0.2) is 0 Å². The highest BCUT2D eigenvalue weighted by atomic mass is 19.1. The fourth-order valence-corrected chi connectivity index (χ4v) is 2.63. The van der Waals surface area contributed by atoms with Gasteiger partial charge >= 0.3 is 0 Å². The first-order chi connectivity index (χ1) is 10.2. The third kappa shape index (κ3) is 3.05. The Morgan fingerprint density at radius 3 is 2.71 bits per heavy atom. The SMILES string of the molecule is O=C(CNc1ccc(F)cc1)N1CCCc2ccccc21. The van der Waals surface area contributed by atoms with Gasteiger partial charge in [-0.05, 0) is 48.7 Å². The topological polar surface area (TPSA) is 32.3 Å². The molecule has 1 N–H and O–H groups in total. The van der Waals surface area contributed by atoms with E-state index in [1.165, 1.54) is 17.7 Å². The number of hydrogen-bond acceptors (Lipinski definition) is 2. The average Bonchev–Trinajstić information content (AvgIpc) is 2.53. The standard InChI is InChI=1S/C17H17FN2O/c18-14-7-9-15(10-8-14)19-12-17(21)20-11-3-5-13-4-1-2-6-16(13)20/h1-2,4,6-10,19H,3,5,11-12H2. The number of benzene rings is 2. The Balaban J connectivity index is 1.68. The van der Waals surface area contributed by atoms with Crippen LogP contribution in [0.1, 0.15) is 12.0 Å². The average molecular weight is 284 g/mol. The van der Waals surface area contributed by atoms with Gasteiger partial charge in [-0.1, -0.05) is 18.2 Å². The second kappa shape index (κ2) is 5.95. The van der Waals surface area contributed by atoms with Crippen LogP contribution in [0.4, 0.5) is 15.8 Å². The second-order valence-electron chi connectivity index (χ2n) is 5.14. The minimum Gasteiger partial charge on any atom is -0.376 e. The lowest BCUT2D eigenvalue weighted by Gasteiger charge is -2.29. The molecular weight excluding hydrogens is 267 g/mol. The van der Waals surface area contributed by atoms with Crippen LogP contribution in [0.2, 0.25) is 0 Å². The van der Waals surface area contributed by atoms with Gasteiger partial charge in [0.1, 0.15) is 5.82 Å². The molecule has 0 saturated heterocycles. The van der Waals surface area contributed by atoms with Crippen LogP contribution in [-0.4, -0.2) is 19.0 Å². The van der Waals surface area contributed by atoms with Gasteiger partial charge in [0.05, 0.1) is 6.54 Å². The van der Waals surface area contributed by atoms with Gasteiger partial charge in [-0.2, -0.15) is 0 Å². The summed E-state index contributed by atoms with van der Waals surface area (Å²) in [4.78, 5) is 14.2. The summed E-state index contributed by atoms with van der Waals surface area (Å²) in [5.41, 5.74) is 2.98. The Morgan fingerprint density at radius 2 is 1.90 bits per heavy atom. The molecule has 0 atom stereocenters. The maximum Gasteiger partial charge on any atom is 0.246 e. The summed E-state index contributed by atoms with van der Waals surface area (Å²) in [5.74, 6) is -0.247. The lowest BCUT2D eigenvalue weighted by Crippen LogP contribution is -2.39. The highest BCUT2D eigenvalue weighted by molar-refractivity contribution is 5.97. The van der Waals surface area contributed by atoms with Gasteiger partial charge in [0, 0.05) is 17.9 Å². The molecule has 2 aromatic rings. The highest BCUT2D eigenvalue weighted by Crippen LogP contribution is 2.26. The van der Waals surface area contributed by atoms with Crippen LogP contribution in [0.15, 0.2) is 48.5 Å². The maximum absolute atomic E-state index is 12.8. The summed E-state index contributed by atoms with van der Waals surface area (Å²) in [6, 6.07) is 14.0. The number of para-hydroxylation sites is 1. The zero-order chi connectivity index (χ0) is 14.7. The van der Waals surface area contributed by atoms with Gasteiger partial charge < -0.3 is 10.2 Å². The van der Waals surface area contributed by atoms with Gasteiger partial charge in [0.25, 0.3) is 0 Å². The van der Waals surface area contributed by atoms with Crippen molar-refractivity contribution in [1.82, 2.24) is 0 Å². The molecule has 0 aliphatic carbocycles. The van der Waals surface area contributed by atoms with E-state index in [0.29, 0.717) is 0 Å². The molecule has 0 bridgehead atoms. The predicted octanol–water partition coefficient (Wildman–Crippen LogP) is 3.22. The number of rotatable bonds is 3. The van der Waals surface area contributed by atoms with Crippen molar-refractivity contribution in [3.8, 4) is 0 Å². The molecule has 4 heteroatoms. The number of carbonyl (C=O) groups excluding carboxylic acids is 1. The molecule has 1 amide bonds. The smallest absolute Gasteiger partial charge is 0.246 e. The Morgan fingerprint density at radius 1 is 1.14 bits per heavy atom. The fraction of sp³-hybridized carbons (Fsp3) is 0.235. The van der Waals surface area contributed by atoms with E-state index in [0.717, 1.165) is 30.8 Å². The number of carbonyl (C=O) groups is 1. The molecule has 0 saturated carbocycles. The predicted molar refractivity (Wildman–Crippen MR) is 82.0 cm³/mol. The lowest BCUT2D eigenvalue weighted by molar-refractivity contribution is -0.117. The van der Waals surface area contributed by atoms with Crippen molar-refractivity contribution >= 4 is 17.3 Å². The van der Waals surface area contributed by atoms with Gasteiger partial charge in [-0.25, -0.2) is 4.39 Å². The zero-order valence-corrected chi connectivity index (χ0v) is 11.7. The Kier molecular flexibility index (Phi) is 3.86. The van der Waals surface area contributed by atoms with Crippen molar-refractivity contribution in [2.75, 3.05) is 23.3 Å². The summed E-state index contributed by atoms with van der Waals surface area (Å²) in [6.07, 6.45) is 2.00. The Hall–Kier alpha value is -2.36. The summed E-state index contributed by atoms with van der Waals surface area (Å²) in [5, 5.41) is 3.04. The van der Waals surface area contributed by atoms with Crippen LogP contribution < -0.4 is 10.2 Å². The van der Waals surface area contributed by atoms with Gasteiger partial charge in [-0.3, -0.25) is 4.79 Å². The fourth-order valence-electron chi connectivity index (χ4n) is 2.63. The molecule has 2 aromatic carbocycles.